The summed E-state index contributed by atoms with van der Waals surface area (Å²) in [6.45, 7) is 18.0. The van der Waals surface area contributed by atoms with Gasteiger partial charge in [-0.15, -0.1) is 0 Å². The molecule has 4 aromatic rings. The van der Waals surface area contributed by atoms with E-state index in [0.717, 1.165) is 27.8 Å². The van der Waals surface area contributed by atoms with Gasteiger partial charge in [-0.2, -0.15) is 0 Å². The third-order valence-corrected chi connectivity index (χ3v) is 6.57. The summed E-state index contributed by atoms with van der Waals surface area (Å²) in [6, 6.07) is 13.2. The van der Waals surface area contributed by atoms with Crippen molar-refractivity contribution in [3.8, 4) is 22.8 Å². The van der Waals surface area contributed by atoms with E-state index in [-0.39, 0.29) is 0 Å². The molecule has 0 unspecified atom stereocenters. The fraction of sp³-hybridized carbons (Fsp3) is 0.286. The lowest BCUT2D eigenvalue weighted by atomic mass is 9.87. The first-order valence-electron chi connectivity index (χ1n) is 10.8. The van der Waals surface area contributed by atoms with Gasteiger partial charge in [-0.3, -0.25) is 0 Å². The Hall–Kier alpha value is -3.38. The molecule has 154 valence electrons. The van der Waals surface area contributed by atoms with Gasteiger partial charge in [0.05, 0.1) is 17.4 Å². The summed E-state index contributed by atoms with van der Waals surface area (Å²) in [5, 5.41) is 4.84. The summed E-state index contributed by atoms with van der Waals surface area (Å²) >= 11 is 0. The number of hydrogen-bond acceptors (Lipinski definition) is 1. The number of aromatic nitrogens is 1. The zero-order chi connectivity index (χ0) is 22.1. The van der Waals surface area contributed by atoms with Crippen molar-refractivity contribution in [2.75, 3.05) is 0 Å². The van der Waals surface area contributed by atoms with Gasteiger partial charge < -0.3 is 9.58 Å². The molecule has 0 bridgehead atoms. The van der Waals surface area contributed by atoms with E-state index in [0.29, 0.717) is 6.42 Å². The maximum atomic E-state index is 7.52. The highest BCUT2D eigenvalue weighted by Crippen LogP contribution is 2.50. The summed E-state index contributed by atoms with van der Waals surface area (Å²) in [6.07, 6.45) is 2.83. The van der Waals surface area contributed by atoms with Crippen LogP contribution in [0.1, 0.15) is 36.1 Å². The summed E-state index contributed by atoms with van der Waals surface area (Å²) in [7, 11) is 2.11. The molecule has 31 heavy (non-hydrogen) atoms. The van der Waals surface area contributed by atoms with Crippen molar-refractivity contribution in [3.63, 3.8) is 0 Å². The minimum atomic E-state index is -0.435. The second kappa shape index (κ2) is 6.56. The fourth-order valence-electron chi connectivity index (χ4n) is 4.98. The van der Waals surface area contributed by atoms with Gasteiger partial charge in [0, 0.05) is 25.5 Å². The zero-order valence-electron chi connectivity index (χ0n) is 19.1. The molecule has 0 saturated carbocycles. The van der Waals surface area contributed by atoms with Crippen LogP contribution in [0, 0.1) is 27.3 Å². The third kappa shape index (κ3) is 2.90. The van der Waals surface area contributed by atoms with E-state index >= 15 is 0 Å². The summed E-state index contributed by atoms with van der Waals surface area (Å²) in [5.41, 5.74) is 6.78. The van der Waals surface area contributed by atoms with Gasteiger partial charge in [0.1, 0.15) is 18.5 Å². The van der Waals surface area contributed by atoms with Gasteiger partial charge in [-0.25, -0.2) is 11.1 Å². The van der Waals surface area contributed by atoms with E-state index in [2.05, 4.69) is 79.8 Å². The van der Waals surface area contributed by atoms with Crippen molar-refractivity contribution < 1.29 is 9.30 Å². The molecule has 1 aliphatic heterocycles. The quantitative estimate of drug-likeness (QED) is 0.234. The molecule has 3 heteroatoms. The van der Waals surface area contributed by atoms with Crippen molar-refractivity contribution in [3.05, 3.63) is 76.3 Å². The summed E-state index contributed by atoms with van der Waals surface area (Å²) < 4.78 is 8.86. The number of rotatable bonds is 2. The average Bonchev–Trinajstić information content (AvgIpc) is 2.73. The Bertz CT molecular complexity index is 1450. The minimum Gasteiger partial charge on any atom is -0.455 e. The van der Waals surface area contributed by atoms with Crippen LogP contribution in [0.4, 0.5) is 0 Å². The van der Waals surface area contributed by atoms with Crippen molar-refractivity contribution in [1.29, 1.82) is 0 Å². The van der Waals surface area contributed by atoms with Crippen LogP contribution in [0.2, 0.25) is 0 Å². The van der Waals surface area contributed by atoms with Crippen LogP contribution in [-0.4, -0.2) is 5.54 Å². The Morgan fingerprint density at radius 1 is 1.00 bits per heavy atom. The Kier molecular flexibility index (Phi) is 4.14. The highest BCUT2D eigenvalue weighted by atomic mass is 16.5. The number of ether oxygens (including phenoxy) is 1. The standard InChI is InChI=1S/C28H27N2O/c1-16-8-9-21-18(3)27-24(17(2)22(21)12-16)26-25-20(10-11-30(26)7)13-19(14-23(25)31-27)15-28(4,5)29-6/h8-14H,15H2,1-5,7H3/q+1. The van der Waals surface area contributed by atoms with Gasteiger partial charge in [0.25, 0.3) is 0 Å². The molecule has 0 fully saturated rings. The second-order valence-electron chi connectivity index (χ2n) is 9.54. The van der Waals surface area contributed by atoms with Crippen LogP contribution < -0.4 is 9.30 Å². The van der Waals surface area contributed by atoms with Crippen LogP contribution in [0.25, 0.3) is 37.6 Å². The van der Waals surface area contributed by atoms with E-state index < -0.39 is 5.54 Å². The molecule has 0 amide bonds. The van der Waals surface area contributed by atoms with Crippen LogP contribution in [0.5, 0.6) is 11.5 Å². The Labute approximate surface area is 183 Å². The molecule has 0 spiro atoms. The molecule has 1 aliphatic rings. The van der Waals surface area contributed by atoms with E-state index in [9.17, 15) is 0 Å². The number of aryl methyl sites for hydroxylation is 4. The predicted molar refractivity (Wildman–Crippen MR) is 127 cm³/mol. The molecule has 0 N–H and O–H groups in total. The van der Waals surface area contributed by atoms with Gasteiger partial charge in [0.15, 0.2) is 6.20 Å². The van der Waals surface area contributed by atoms with Crippen LogP contribution in [-0.2, 0) is 13.5 Å². The average molecular weight is 408 g/mol. The van der Waals surface area contributed by atoms with E-state index in [4.69, 9.17) is 11.3 Å². The molecule has 0 atom stereocenters. The van der Waals surface area contributed by atoms with Crippen molar-refractivity contribution in [2.24, 2.45) is 7.05 Å². The Balaban J connectivity index is 1.86. The molecule has 3 aromatic carbocycles. The van der Waals surface area contributed by atoms with Gasteiger partial charge in [-0.1, -0.05) is 29.8 Å². The second-order valence-corrected chi connectivity index (χ2v) is 9.54. The molecule has 3 nitrogen and oxygen atoms in total. The van der Waals surface area contributed by atoms with E-state index in [1.165, 1.54) is 38.7 Å². The lowest BCUT2D eigenvalue weighted by Crippen LogP contribution is -2.32. The SMILES string of the molecule is [C-]#[N+]C(C)(C)Cc1cc2c3c([n+](C)ccc3c1)-c1c(c(C)c3ccc(C)cc3c1C)O2. The molecular formula is C28H27N2O+. The Morgan fingerprint density at radius 2 is 1.77 bits per heavy atom. The minimum absolute atomic E-state index is 0.435. The number of benzene rings is 3. The Morgan fingerprint density at radius 3 is 2.52 bits per heavy atom. The lowest BCUT2D eigenvalue weighted by molar-refractivity contribution is -0.659. The topological polar surface area (TPSA) is 17.5 Å². The zero-order valence-corrected chi connectivity index (χ0v) is 19.1. The van der Waals surface area contributed by atoms with Gasteiger partial charge in [0.2, 0.25) is 11.2 Å². The van der Waals surface area contributed by atoms with Crippen LogP contribution in [0.3, 0.4) is 0 Å². The maximum Gasteiger partial charge on any atom is 0.231 e. The monoisotopic (exact) mass is 407 g/mol. The van der Waals surface area contributed by atoms with Crippen molar-refractivity contribution in [2.45, 2.75) is 46.6 Å². The van der Waals surface area contributed by atoms with Crippen LogP contribution >= 0.6 is 0 Å². The first-order valence-corrected chi connectivity index (χ1v) is 10.8. The molecule has 0 aliphatic carbocycles. The highest BCUT2D eigenvalue weighted by Gasteiger charge is 2.33. The summed E-state index contributed by atoms with van der Waals surface area (Å²) in [5.74, 6) is 1.84. The first kappa shape index (κ1) is 19.6. The molecular weight excluding hydrogens is 380 g/mol. The largest absolute Gasteiger partial charge is 0.455 e. The molecule has 2 heterocycles. The van der Waals surface area contributed by atoms with E-state index in [1.54, 1.807) is 0 Å². The fourth-order valence-corrected chi connectivity index (χ4v) is 4.98. The molecule has 1 aromatic heterocycles. The first-order chi connectivity index (χ1) is 14.7. The molecule has 0 saturated heterocycles. The number of fused-ring (bicyclic) bond motifs is 3. The molecule has 5 rings (SSSR count). The van der Waals surface area contributed by atoms with Crippen molar-refractivity contribution in [1.82, 2.24) is 0 Å². The maximum absolute atomic E-state index is 7.52. The predicted octanol–water partition coefficient (Wildman–Crippen LogP) is 6.76. The van der Waals surface area contributed by atoms with Gasteiger partial charge in [-0.05, 0) is 54.1 Å². The van der Waals surface area contributed by atoms with Crippen LogP contribution in [0.15, 0.2) is 42.6 Å². The number of nitrogens with zero attached hydrogens (tertiary/aromatic N) is 2. The highest BCUT2D eigenvalue weighted by molar-refractivity contribution is 6.06. The van der Waals surface area contributed by atoms with Gasteiger partial charge >= 0.3 is 0 Å². The third-order valence-electron chi connectivity index (χ3n) is 6.57. The number of pyridine rings is 1. The number of hydrogen-bond donors (Lipinski definition) is 0. The lowest BCUT2D eigenvalue weighted by Gasteiger charge is -2.25. The molecule has 0 radical (unpaired) electrons. The van der Waals surface area contributed by atoms with E-state index in [1.807, 2.05) is 13.8 Å². The normalized spacial score (nSPS) is 12.5. The smallest absolute Gasteiger partial charge is 0.231 e. The van der Waals surface area contributed by atoms with Crippen molar-refractivity contribution >= 4 is 21.5 Å². The summed E-state index contributed by atoms with van der Waals surface area (Å²) in [4.78, 5) is 3.80.